The summed E-state index contributed by atoms with van der Waals surface area (Å²) in [5.74, 6) is 0. The lowest BCUT2D eigenvalue weighted by Gasteiger charge is -1.89. The van der Waals surface area contributed by atoms with Crippen molar-refractivity contribution in [3.8, 4) is 0 Å². The van der Waals surface area contributed by atoms with Gasteiger partial charge in [-0.1, -0.05) is 23.2 Å². The molecule has 0 spiro atoms. The second-order valence-electron chi connectivity index (χ2n) is 2.41. The molecule has 2 rings (SSSR count). The zero-order chi connectivity index (χ0) is 5.83. The number of rotatable bonds is 0. The van der Waals surface area contributed by atoms with Crippen molar-refractivity contribution in [3.63, 3.8) is 0 Å². The van der Waals surface area contributed by atoms with Crippen molar-refractivity contribution < 1.29 is 4.74 Å². The first-order chi connectivity index (χ1) is 3.66. The third kappa shape index (κ3) is 0.433. The highest BCUT2D eigenvalue weighted by Gasteiger charge is 2.71. The predicted octanol–water partition coefficient (Wildman–Crippen LogP) is 2.07. The Balaban J connectivity index is 2.26. The van der Waals surface area contributed by atoms with E-state index in [1.807, 2.05) is 0 Å². The second kappa shape index (κ2) is 1.18. The minimum absolute atomic E-state index is 0.464. The van der Waals surface area contributed by atoms with E-state index in [0.29, 0.717) is 0 Å². The molecule has 1 heterocycles. The topological polar surface area (TPSA) is 12.5 Å². The Morgan fingerprint density at radius 3 is 1.75 bits per heavy atom. The van der Waals surface area contributed by atoms with Crippen molar-refractivity contribution in [1.29, 1.82) is 0 Å². The summed E-state index contributed by atoms with van der Waals surface area (Å²) in [5, 5.41) is -0.927. The van der Waals surface area contributed by atoms with Gasteiger partial charge in [0.25, 0.3) is 0 Å². The highest BCUT2D eigenvalue weighted by atomic mass is 35.5. The fourth-order valence-electron chi connectivity index (χ4n) is 1.25. The molecule has 0 amide bonds. The zero-order valence-corrected chi connectivity index (χ0v) is 5.80. The van der Waals surface area contributed by atoms with E-state index in [4.69, 9.17) is 27.9 Å². The molecule has 0 radical (unpaired) electrons. The summed E-state index contributed by atoms with van der Waals surface area (Å²) in [4.78, 5) is 0. The van der Waals surface area contributed by atoms with Crippen LogP contribution in [0.5, 0.6) is 0 Å². The number of fused-ring (bicyclic) bond motifs is 1. The minimum Gasteiger partial charge on any atom is -0.329 e. The Labute approximate surface area is 57.9 Å². The number of hydrogen-bond donors (Lipinski definition) is 0. The quantitative estimate of drug-likeness (QED) is 0.383. The van der Waals surface area contributed by atoms with Crippen molar-refractivity contribution in [3.05, 3.63) is 0 Å². The molecule has 3 heteroatoms. The Morgan fingerprint density at radius 2 is 1.62 bits per heavy atom. The smallest absolute Gasteiger partial charge is 0.186 e. The normalized spacial score (nSPS) is 60.8. The SMILES string of the molecule is ClC12CCCC1(Cl)O2. The molecule has 0 aromatic rings. The zero-order valence-electron chi connectivity index (χ0n) is 4.29. The molecule has 2 fully saturated rings. The largest absolute Gasteiger partial charge is 0.329 e. The van der Waals surface area contributed by atoms with Gasteiger partial charge in [-0.3, -0.25) is 0 Å². The summed E-state index contributed by atoms with van der Waals surface area (Å²) in [5.41, 5.74) is 0. The van der Waals surface area contributed by atoms with Gasteiger partial charge >= 0.3 is 0 Å². The lowest BCUT2D eigenvalue weighted by atomic mass is 10.4. The minimum atomic E-state index is -0.464. The summed E-state index contributed by atoms with van der Waals surface area (Å²) in [6, 6.07) is 0. The first kappa shape index (κ1) is 5.33. The van der Waals surface area contributed by atoms with Crippen LogP contribution >= 0.6 is 23.2 Å². The van der Waals surface area contributed by atoms with Gasteiger partial charge in [0.15, 0.2) is 10.1 Å². The molecular weight excluding hydrogens is 147 g/mol. The lowest BCUT2D eigenvalue weighted by Crippen LogP contribution is -2.03. The predicted molar refractivity (Wildman–Crippen MR) is 32.1 cm³/mol. The van der Waals surface area contributed by atoms with Gasteiger partial charge in [-0.15, -0.1) is 0 Å². The molecule has 0 bridgehead atoms. The van der Waals surface area contributed by atoms with Crippen LogP contribution in [0.2, 0.25) is 0 Å². The number of epoxide rings is 1. The van der Waals surface area contributed by atoms with Gasteiger partial charge in [0, 0.05) is 0 Å². The van der Waals surface area contributed by atoms with Crippen LogP contribution in [0.3, 0.4) is 0 Å². The maximum Gasteiger partial charge on any atom is 0.186 e. The second-order valence-corrected chi connectivity index (χ2v) is 3.63. The maximum absolute atomic E-state index is 5.83. The van der Waals surface area contributed by atoms with Crippen LogP contribution < -0.4 is 0 Å². The Morgan fingerprint density at radius 1 is 1.12 bits per heavy atom. The summed E-state index contributed by atoms with van der Waals surface area (Å²) in [6.45, 7) is 0. The van der Waals surface area contributed by atoms with E-state index in [-0.39, 0.29) is 0 Å². The molecule has 1 aliphatic heterocycles. The Bertz CT molecular complexity index is 116. The third-order valence-corrected chi connectivity index (χ3v) is 3.08. The van der Waals surface area contributed by atoms with E-state index < -0.39 is 10.1 Å². The average Bonchev–Trinajstić information content (AvgIpc) is 2.00. The highest BCUT2D eigenvalue weighted by molar-refractivity contribution is 6.37. The van der Waals surface area contributed by atoms with Gasteiger partial charge in [-0.25, -0.2) is 0 Å². The molecule has 0 N–H and O–H groups in total. The van der Waals surface area contributed by atoms with Gasteiger partial charge in [0.2, 0.25) is 0 Å². The summed E-state index contributed by atoms with van der Waals surface area (Å²) in [6.07, 6.45) is 2.93. The average molecular weight is 153 g/mol. The summed E-state index contributed by atoms with van der Waals surface area (Å²) >= 11 is 11.7. The summed E-state index contributed by atoms with van der Waals surface area (Å²) < 4.78 is 5.06. The molecule has 2 aliphatic rings. The molecule has 1 nitrogen and oxygen atoms in total. The van der Waals surface area contributed by atoms with Crippen molar-refractivity contribution in [1.82, 2.24) is 0 Å². The molecule has 2 unspecified atom stereocenters. The molecule has 2 atom stereocenters. The standard InChI is InChI=1S/C5H6Cl2O/c6-4-2-1-3-5(4,7)8-4/h1-3H2. The molecule has 8 heavy (non-hydrogen) atoms. The van der Waals surface area contributed by atoms with Crippen LogP contribution in [0, 0.1) is 0 Å². The first-order valence-corrected chi connectivity index (χ1v) is 3.50. The van der Waals surface area contributed by atoms with Crippen LogP contribution in [0.15, 0.2) is 0 Å². The monoisotopic (exact) mass is 152 g/mol. The molecule has 46 valence electrons. The summed E-state index contributed by atoms with van der Waals surface area (Å²) in [7, 11) is 0. The number of hydrogen-bond acceptors (Lipinski definition) is 1. The van der Waals surface area contributed by atoms with Gasteiger partial charge < -0.3 is 4.74 Å². The van der Waals surface area contributed by atoms with Crippen LogP contribution in [0.1, 0.15) is 19.3 Å². The molecule has 1 aliphatic carbocycles. The number of ether oxygens (including phenoxy) is 1. The third-order valence-electron chi connectivity index (χ3n) is 1.84. The van der Waals surface area contributed by atoms with Gasteiger partial charge in [0.1, 0.15) is 0 Å². The Hall–Kier alpha value is 0.540. The van der Waals surface area contributed by atoms with Gasteiger partial charge in [-0.05, 0) is 19.3 Å². The van der Waals surface area contributed by atoms with Crippen LogP contribution in [-0.2, 0) is 4.74 Å². The fourth-order valence-corrected chi connectivity index (χ4v) is 2.01. The lowest BCUT2D eigenvalue weighted by molar-refractivity contribution is 0.287. The molecule has 1 saturated carbocycles. The maximum atomic E-state index is 5.83. The molecule has 1 saturated heterocycles. The van der Waals surface area contributed by atoms with E-state index >= 15 is 0 Å². The Kier molecular flexibility index (Phi) is 0.786. The van der Waals surface area contributed by atoms with Crippen molar-refractivity contribution >= 4 is 23.2 Å². The molecule has 0 aromatic heterocycles. The molecular formula is C5H6Cl2O. The van der Waals surface area contributed by atoms with E-state index in [2.05, 4.69) is 0 Å². The van der Waals surface area contributed by atoms with Crippen LogP contribution in [0.4, 0.5) is 0 Å². The van der Waals surface area contributed by atoms with Crippen LogP contribution in [0.25, 0.3) is 0 Å². The van der Waals surface area contributed by atoms with E-state index in [1.54, 1.807) is 0 Å². The number of halogens is 2. The van der Waals surface area contributed by atoms with Crippen molar-refractivity contribution in [2.24, 2.45) is 0 Å². The van der Waals surface area contributed by atoms with E-state index in [1.165, 1.54) is 0 Å². The first-order valence-electron chi connectivity index (χ1n) is 2.74. The van der Waals surface area contributed by atoms with Gasteiger partial charge in [-0.2, -0.15) is 0 Å². The van der Waals surface area contributed by atoms with E-state index in [0.717, 1.165) is 19.3 Å². The molecule has 0 aromatic carbocycles. The van der Waals surface area contributed by atoms with Crippen LogP contribution in [-0.4, -0.2) is 10.1 Å². The highest BCUT2D eigenvalue weighted by Crippen LogP contribution is 2.64. The van der Waals surface area contributed by atoms with E-state index in [9.17, 15) is 0 Å². The van der Waals surface area contributed by atoms with Gasteiger partial charge in [0.05, 0.1) is 0 Å². The fraction of sp³-hybridized carbons (Fsp3) is 1.00. The number of alkyl halides is 2. The van der Waals surface area contributed by atoms with Crippen molar-refractivity contribution in [2.45, 2.75) is 29.4 Å². The van der Waals surface area contributed by atoms with Crippen molar-refractivity contribution in [2.75, 3.05) is 0 Å².